The maximum absolute atomic E-state index is 12.1. The van der Waals surface area contributed by atoms with Crippen LogP contribution in [0, 0.1) is 6.92 Å². The van der Waals surface area contributed by atoms with E-state index in [4.69, 9.17) is 4.42 Å². The molecule has 3 rings (SSSR count). The molecule has 1 heterocycles. The summed E-state index contributed by atoms with van der Waals surface area (Å²) >= 11 is 0. The highest BCUT2D eigenvalue weighted by Gasteiger charge is 2.08. The molecule has 3 aromatic rings. The van der Waals surface area contributed by atoms with Crippen LogP contribution in [0.1, 0.15) is 16.7 Å². The predicted octanol–water partition coefficient (Wildman–Crippen LogP) is 2.78. The third-order valence-electron chi connectivity index (χ3n) is 3.41. The zero-order valence-corrected chi connectivity index (χ0v) is 11.7. The summed E-state index contributed by atoms with van der Waals surface area (Å²) in [5, 5.41) is 0. The van der Waals surface area contributed by atoms with Crippen molar-refractivity contribution >= 4 is 16.9 Å². The maximum atomic E-state index is 12.1. The lowest BCUT2D eigenvalue weighted by Crippen LogP contribution is -2.06. The van der Waals surface area contributed by atoms with Gasteiger partial charge in [0.25, 0.3) is 0 Å². The standard InChI is InChI=1S/C17H15NO3/c1-11-2-4-12(5-3-11)8-14(19)9-13-6-7-15-16(10-13)21-17(20)18-15/h2-7,10H,8-9H2,1H3,(H,18,20). The normalized spacial score (nSPS) is 10.9. The average Bonchev–Trinajstić information content (AvgIpc) is 2.80. The number of ketones is 1. The van der Waals surface area contributed by atoms with Crippen molar-refractivity contribution in [1.82, 2.24) is 4.98 Å². The predicted molar refractivity (Wildman–Crippen MR) is 80.4 cm³/mol. The molecule has 0 saturated carbocycles. The summed E-state index contributed by atoms with van der Waals surface area (Å²) in [5.74, 6) is -0.343. The fourth-order valence-electron chi connectivity index (χ4n) is 2.32. The number of fused-ring (bicyclic) bond motifs is 1. The number of aromatic nitrogens is 1. The van der Waals surface area contributed by atoms with Gasteiger partial charge in [0.05, 0.1) is 5.52 Å². The van der Waals surface area contributed by atoms with Crippen molar-refractivity contribution in [2.45, 2.75) is 19.8 Å². The molecular weight excluding hydrogens is 266 g/mol. The molecule has 0 amide bonds. The number of hydrogen-bond donors (Lipinski definition) is 1. The molecule has 1 aromatic heterocycles. The van der Waals surface area contributed by atoms with E-state index in [-0.39, 0.29) is 5.78 Å². The lowest BCUT2D eigenvalue weighted by atomic mass is 10.0. The summed E-state index contributed by atoms with van der Waals surface area (Å²) in [6.45, 7) is 2.02. The first-order valence-corrected chi connectivity index (χ1v) is 6.79. The number of rotatable bonds is 4. The molecule has 21 heavy (non-hydrogen) atoms. The van der Waals surface area contributed by atoms with Crippen molar-refractivity contribution in [3.8, 4) is 0 Å². The number of aryl methyl sites for hydroxylation is 1. The monoisotopic (exact) mass is 281 g/mol. The molecule has 0 radical (unpaired) electrons. The third-order valence-corrected chi connectivity index (χ3v) is 3.41. The number of Topliss-reactive ketones (excluding diaryl/α,β-unsaturated/α-hetero) is 1. The van der Waals surface area contributed by atoms with Crippen LogP contribution in [0.5, 0.6) is 0 Å². The van der Waals surface area contributed by atoms with Crippen LogP contribution in [0.25, 0.3) is 11.1 Å². The van der Waals surface area contributed by atoms with Gasteiger partial charge in [0, 0.05) is 12.8 Å². The number of aromatic amines is 1. The number of hydrogen-bond acceptors (Lipinski definition) is 3. The van der Waals surface area contributed by atoms with Gasteiger partial charge >= 0.3 is 5.76 Å². The molecule has 2 aromatic carbocycles. The van der Waals surface area contributed by atoms with Crippen molar-refractivity contribution in [1.29, 1.82) is 0 Å². The number of carbonyl (C=O) groups is 1. The second-order valence-corrected chi connectivity index (χ2v) is 5.22. The molecule has 0 atom stereocenters. The maximum Gasteiger partial charge on any atom is 0.417 e. The average molecular weight is 281 g/mol. The summed E-state index contributed by atoms with van der Waals surface area (Å²) < 4.78 is 5.00. The van der Waals surface area contributed by atoms with Crippen LogP contribution >= 0.6 is 0 Å². The molecule has 4 heteroatoms. The molecule has 0 spiro atoms. The first-order valence-electron chi connectivity index (χ1n) is 6.79. The minimum Gasteiger partial charge on any atom is -0.408 e. The Morgan fingerprint density at radius 3 is 2.48 bits per heavy atom. The fraction of sp³-hybridized carbons (Fsp3) is 0.176. The van der Waals surface area contributed by atoms with Crippen LogP contribution in [0.2, 0.25) is 0 Å². The number of benzene rings is 2. The van der Waals surface area contributed by atoms with Crippen molar-refractivity contribution in [3.05, 3.63) is 69.7 Å². The van der Waals surface area contributed by atoms with E-state index in [2.05, 4.69) is 4.98 Å². The van der Waals surface area contributed by atoms with Crippen LogP contribution in [-0.4, -0.2) is 10.8 Å². The molecule has 0 bridgehead atoms. The van der Waals surface area contributed by atoms with Crippen molar-refractivity contribution in [2.75, 3.05) is 0 Å². The van der Waals surface area contributed by atoms with Gasteiger partial charge in [-0.05, 0) is 30.2 Å². The van der Waals surface area contributed by atoms with Crippen LogP contribution in [0.15, 0.2) is 51.7 Å². The molecule has 0 aliphatic carbocycles. The van der Waals surface area contributed by atoms with E-state index in [9.17, 15) is 9.59 Å². The summed E-state index contributed by atoms with van der Waals surface area (Å²) in [5.41, 5.74) is 4.18. The highest BCUT2D eigenvalue weighted by atomic mass is 16.4. The zero-order chi connectivity index (χ0) is 14.8. The number of H-pyrrole nitrogens is 1. The van der Waals surface area contributed by atoms with E-state index < -0.39 is 5.76 Å². The van der Waals surface area contributed by atoms with Crippen LogP contribution in [0.3, 0.4) is 0 Å². The third kappa shape index (κ3) is 3.11. The lowest BCUT2D eigenvalue weighted by Gasteiger charge is -2.02. The zero-order valence-electron chi connectivity index (χ0n) is 11.7. The Bertz CT molecular complexity index is 840. The Balaban J connectivity index is 1.73. The summed E-state index contributed by atoms with van der Waals surface area (Å²) in [4.78, 5) is 25.8. The largest absolute Gasteiger partial charge is 0.417 e. The molecule has 0 fully saturated rings. The van der Waals surface area contributed by atoms with Crippen molar-refractivity contribution in [3.63, 3.8) is 0 Å². The lowest BCUT2D eigenvalue weighted by molar-refractivity contribution is -0.117. The molecule has 0 unspecified atom stereocenters. The van der Waals surface area contributed by atoms with Gasteiger partial charge in [-0.15, -0.1) is 0 Å². The van der Waals surface area contributed by atoms with Crippen molar-refractivity contribution < 1.29 is 9.21 Å². The van der Waals surface area contributed by atoms with Crippen LogP contribution < -0.4 is 5.76 Å². The van der Waals surface area contributed by atoms with E-state index in [0.717, 1.165) is 11.1 Å². The first kappa shape index (κ1) is 13.4. The van der Waals surface area contributed by atoms with E-state index in [0.29, 0.717) is 23.9 Å². The van der Waals surface area contributed by atoms with Crippen molar-refractivity contribution in [2.24, 2.45) is 0 Å². The second-order valence-electron chi connectivity index (χ2n) is 5.22. The van der Waals surface area contributed by atoms with Gasteiger partial charge in [-0.2, -0.15) is 0 Å². The SMILES string of the molecule is Cc1ccc(CC(=O)Cc2ccc3[nH]c(=O)oc3c2)cc1. The highest BCUT2D eigenvalue weighted by Crippen LogP contribution is 2.14. The van der Waals surface area contributed by atoms with E-state index >= 15 is 0 Å². The second kappa shape index (κ2) is 5.40. The fourth-order valence-corrected chi connectivity index (χ4v) is 2.32. The van der Waals surface area contributed by atoms with Gasteiger partial charge in [-0.3, -0.25) is 9.78 Å². The molecule has 106 valence electrons. The molecule has 0 saturated heterocycles. The molecule has 0 aliphatic heterocycles. The van der Waals surface area contributed by atoms with Gasteiger partial charge in [0.1, 0.15) is 5.78 Å². The van der Waals surface area contributed by atoms with Gasteiger partial charge < -0.3 is 4.42 Å². The summed E-state index contributed by atoms with van der Waals surface area (Å²) in [7, 11) is 0. The summed E-state index contributed by atoms with van der Waals surface area (Å²) in [6, 6.07) is 13.3. The van der Waals surface area contributed by atoms with Gasteiger partial charge in [0.15, 0.2) is 5.58 Å². The molecule has 0 aliphatic rings. The Labute approximate surface area is 121 Å². The minimum absolute atomic E-state index is 0.135. The Morgan fingerprint density at radius 2 is 1.71 bits per heavy atom. The Kier molecular flexibility index (Phi) is 3.44. The topological polar surface area (TPSA) is 63.1 Å². The molecule has 4 nitrogen and oxygen atoms in total. The van der Waals surface area contributed by atoms with Crippen LogP contribution in [-0.2, 0) is 17.6 Å². The number of nitrogens with one attached hydrogen (secondary N) is 1. The van der Waals surface area contributed by atoms with E-state index in [1.54, 1.807) is 12.1 Å². The Morgan fingerprint density at radius 1 is 1.05 bits per heavy atom. The van der Waals surface area contributed by atoms with Gasteiger partial charge in [-0.25, -0.2) is 4.79 Å². The first-order chi connectivity index (χ1) is 10.1. The smallest absolute Gasteiger partial charge is 0.408 e. The van der Waals surface area contributed by atoms with E-state index in [1.165, 1.54) is 5.56 Å². The quantitative estimate of drug-likeness (QED) is 0.799. The minimum atomic E-state index is -0.479. The molecular formula is C17H15NO3. The summed E-state index contributed by atoms with van der Waals surface area (Å²) in [6.07, 6.45) is 0.744. The van der Waals surface area contributed by atoms with Gasteiger partial charge in [0.2, 0.25) is 0 Å². The highest BCUT2D eigenvalue weighted by molar-refractivity contribution is 5.84. The van der Waals surface area contributed by atoms with Gasteiger partial charge in [-0.1, -0.05) is 35.9 Å². The molecule has 1 N–H and O–H groups in total. The Hall–Kier alpha value is -2.62. The number of carbonyl (C=O) groups excluding carboxylic acids is 1. The number of oxazole rings is 1. The van der Waals surface area contributed by atoms with E-state index in [1.807, 2.05) is 37.3 Å². The van der Waals surface area contributed by atoms with Crippen LogP contribution in [0.4, 0.5) is 0 Å².